The highest BCUT2D eigenvalue weighted by Gasteiger charge is 2.22. The summed E-state index contributed by atoms with van der Waals surface area (Å²) in [6.45, 7) is 6.86. The average molecular weight is 203 g/mol. The summed E-state index contributed by atoms with van der Waals surface area (Å²) in [5.41, 5.74) is 7.83. The molecular formula is C13H17NO. The van der Waals surface area contributed by atoms with Gasteiger partial charge in [-0.05, 0) is 25.1 Å². The van der Waals surface area contributed by atoms with Crippen LogP contribution in [0.25, 0.3) is 11.0 Å². The summed E-state index contributed by atoms with van der Waals surface area (Å²) >= 11 is 0. The van der Waals surface area contributed by atoms with E-state index in [1.54, 1.807) is 0 Å². The lowest BCUT2D eigenvalue weighted by atomic mass is 9.90. The number of aryl methyl sites for hydroxylation is 1. The van der Waals surface area contributed by atoms with Crippen molar-refractivity contribution in [3.8, 4) is 0 Å². The third kappa shape index (κ3) is 1.77. The molecule has 2 N–H and O–H groups in total. The van der Waals surface area contributed by atoms with Gasteiger partial charge in [-0.3, -0.25) is 0 Å². The van der Waals surface area contributed by atoms with E-state index in [9.17, 15) is 0 Å². The Labute approximate surface area is 90.1 Å². The fraction of sp³-hybridized carbons (Fsp3) is 0.385. The van der Waals surface area contributed by atoms with Crippen molar-refractivity contribution >= 4 is 11.0 Å². The topological polar surface area (TPSA) is 39.2 Å². The molecular weight excluding hydrogens is 186 g/mol. The Morgan fingerprint density at radius 3 is 2.67 bits per heavy atom. The van der Waals surface area contributed by atoms with Crippen LogP contribution >= 0.6 is 0 Å². The summed E-state index contributed by atoms with van der Waals surface area (Å²) in [5, 5.41) is 1.16. The number of nitrogens with two attached hydrogens (primary N) is 1. The Morgan fingerprint density at radius 2 is 2.00 bits per heavy atom. The molecule has 2 aromatic rings. The van der Waals surface area contributed by atoms with Gasteiger partial charge in [-0.25, -0.2) is 0 Å². The molecule has 1 aromatic heterocycles. The number of hydrogen-bond acceptors (Lipinski definition) is 2. The first-order valence-electron chi connectivity index (χ1n) is 5.24. The smallest absolute Gasteiger partial charge is 0.134 e. The van der Waals surface area contributed by atoms with Gasteiger partial charge in [-0.2, -0.15) is 0 Å². The van der Waals surface area contributed by atoms with Crippen LogP contribution in [0.1, 0.15) is 25.2 Å². The molecule has 0 bridgehead atoms. The molecule has 0 atom stereocenters. The van der Waals surface area contributed by atoms with Crippen LogP contribution in [0.4, 0.5) is 0 Å². The van der Waals surface area contributed by atoms with E-state index in [1.807, 2.05) is 6.07 Å². The van der Waals surface area contributed by atoms with Crippen molar-refractivity contribution in [1.82, 2.24) is 0 Å². The van der Waals surface area contributed by atoms with Crippen molar-refractivity contribution < 1.29 is 4.42 Å². The van der Waals surface area contributed by atoms with Crippen molar-refractivity contribution in [3.05, 3.63) is 35.6 Å². The lowest BCUT2D eigenvalue weighted by Crippen LogP contribution is -2.27. The van der Waals surface area contributed by atoms with Crippen molar-refractivity contribution in [2.75, 3.05) is 6.54 Å². The fourth-order valence-electron chi connectivity index (χ4n) is 1.60. The van der Waals surface area contributed by atoms with Gasteiger partial charge in [-0.1, -0.05) is 25.5 Å². The second-order valence-corrected chi connectivity index (χ2v) is 4.74. The standard InChI is InChI=1S/C13H17NO/c1-9-4-5-11-10(6-9)7-12(15-11)13(2,3)8-14/h4-7H,8,14H2,1-3H3. The van der Waals surface area contributed by atoms with Gasteiger partial charge >= 0.3 is 0 Å². The molecule has 1 heterocycles. The minimum absolute atomic E-state index is 0.0904. The molecule has 0 saturated carbocycles. The Hall–Kier alpha value is -1.28. The molecule has 2 heteroatoms. The molecule has 0 radical (unpaired) electrons. The molecule has 0 unspecified atom stereocenters. The highest BCUT2D eigenvalue weighted by molar-refractivity contribution is 5.78. The zero-order valence-electron chi connectivity index (χ0n) is 9.50. The molecule has 1 aromatic carbocycles. The molecule has 0 aliphatic carbocycles. The number of benzene rings is 1. The first kappa shape index (κ1) is 10.2. The van der Waals surface area contributed by atoms with Crippen molar-refractivity contribution in [3.63, 3.8) is 0 Å². The van der Waals surface area contributed by atoms with Gasteiger partial charge in [0.2, 0.25) is 0 Å². The molecule has 0 fully saturated rings. The van der Waals surface area contributed by atoms with Crippen molar-refractivity contribution in [2.24, 2.45) is 5.73 Å². The van der Waals surface area contributed by atoms with Crippen LogP contribution in [0.2, 0.25) is 0 Å². The number of furan rings is 1. The molecule has 80 valence electrons. The zero-order chi connectivity index (χ0) is 11.1. The number of fused-ring (bicyclic) bond motifs is 1. The van der Waals surface area contributed by atoms with E-state index in [0.717, 1.165) is 16.7 Å². The van der Waals surface area contributed by atoms with Crippen molar-refractivity contribution in [2.45, 2.75) is 26.2 Å². The summed E-state index contributed by atoms with van der Waals surface area (Å²) in [5.74, 6) is 0.964. The fourth-order valence-corrected chi connectivity index (χ4v) is 1.60. The average Bonchev–Trinajstić information content (AvgIpc) is 2.61. The van der Waals surface area contributed by atoms with Crippen LogP contribution in [0.15, 0.2) is 28.7 Å². The Morgan fingerprint density at radius 1 is 1.27 bits per heavy atom. The molecule has 15 heavy (non-hydrogen) atoms. The Kier molecular flexibility index (Phi) is 2.31. The second kappa shape index (κ2) is 3.38. The van der Waals surface area contributed by atoms with Crippen LogP contribution in [0, 0.1) is 6.92 Å². The van der Waals surface area contributed by atoms with Crippen LogP contribution < -0.4 is 5.73 Å². The van der Waals surface area contributed by atoms with Gasteiger partial charge in [-0.15, -0.1) is 0 Å². The molecule has 2 rings (SSSR count). The highest BCUT2D eigenvalue weighted by atomic mass is 16.3. The highest BCUT2D eigenvalue weighted by Crippen LogP contribution is 2.29. The summed E-state index contributed by atoms with van der Waals surface area (Å²) in [4.78, 5) is 0. The van der Waals surface area contributed by atoms with Crippen LogP contribution in [0.5, 0.6) is 0 Å². The van der Waals surface area contributed by atoms with E-state index in [0.29, 0.717) is 6.54 Å². The van der Waals surface area contributed by atoms with E-state index >= 15 is 0 Å². The lowest BCUT2D eigenvalue weighted by Gasteiger charge is -2.18. The zero-order valence-corrected chi connectivity index (χ0v) is 9.50. The molecule has 0 aliphatic heterocycles. The normalized spacial score (nSPS) is 12.3. The SMILES string of the molecule is Cc1ccc2oc(C(C)(C)CN)cc2c1. The summed E-state index contributed by atoms with van der Waals surface area (Å²) in [6, 6.07) is 8.30. The van der Waals surface area contributed by atoms with Crippen LogP contribution in [-0.4, -0.2) is 6.54 Å². The van der Waals surface area contributed by atoms with Gasteiger partial charge < -0.3 is 10.2 Å². The lowest BCUT2D eigenvalue weighted by molar-refractivity contribution is 0.409. The summed E-state index contributed by atoms with van der Waals surface area (Å²) < 4.78 is 5.80. The van der Waals surface area contributed by atoms with Crippen molar-refractivity contribution in [1.29, 1.82) is 0 Å². The minimum atomic E-state index is -0.0904. The molecule has 2 nitrogen and oxygen atoms in total. The number of rotatable bonds is 2. The maximum atomic E-state index is 5.80. The molecule has 0 spiro atoms. The predicted molar refractivity (Wildman–Crippen MR) is 63.0 cm³/mol. The quantitative estimate of drug-likeness (QED) is 0.815. The third-order valence-electron chi connectivity index (χ3n) is 2.85. The predicted octanol–water partition coefficient (Wildman–Crippen LogP) is 2.98. The third-order valence-corrected chi connectivity index (χ3v) is 2.85. The largest absolute Gasteiger partial charge is 0.460 e. The first-order chi connectivity index (χ1) is 7.03. The van der Waals surface area contributed by atoms with Gasteiger partial charge in [0.1, 0.15) is 11.3 Å². The van der Waals surface area contributed by atoms with Gasteiger partial charge in [0.15, 0.2) is 0 Å². The van der Waals surface area contributed by atoms with Gasteiger partial charge in [0.05, 0.1) is 0 Å². The van der Waals surface area contributed by atoms with E-state index in [-0.39, 0.29) is 5.41 Å². The van der Waals surface area contributed by atoms with E-state index in [4.69, 9.17) is 10.2 Å². The van der Waals surface area contributed by atoms with Gasteiger partial charge in [0.25, 0.3) is 0 Å². The monoisotopic (exact) mass is 203 g/mol. The Bertz CT molecular complexity index is 482. The molecule has 0 amide bonds. The van der Waals surface area contributed by atoms with Crippen LogP contribution in [0.3, 0.4) is 0 Å². The Balaban J connectivity index is 2.56. The van der Waals surface area contributed by atoms with Crippen LogP contribution in [-0.2, 0) is 5.41 Å². The maximum absolute atomic E-state index is 5.80. The molecule has 0 saturated heterocycles. The minimum Gasteiger partial charge on any atom is -0.460 e. The maximum Gasteiger partial charge on any atom is 0.134 e. The van der Waals surface area contributed by atoms with E-state index in [1.165, 1.54) is 5.56 Å². The summed E-state index contributed by atoms with van der Waals surface area (Å²) in [7, 11) is 0. The second-order valence-electron chi connectivity index (χ2n) is 4.74. The van der Waals surface area contributed by atoms with E-state index < -0.39 is 0 Å². The molecule has 0 aliphatic rings. The first-order valence-corrected chi connectivity index (χ1v) is 5.24. The number of hydrogen-bond donors (Lipinski definition) is 1. The van der Waals surface area contributed by atoms with Gasteiger partial charge in [0, 0.05) is 17.3 Å². The van der Waals surface area contributed by atoms with E-state index in [2.05, 4.69) is 39.0 Å². The summed E-state index contributed by atoms with van der Waals surface area (Å²) in [6.07, 6.45) is 0.